The van der Waals surface area contributed by atoms with Crippen molar-refractivity contribution in [2.24, 2.45) is 11.8 Å². The summed E-state index contributed by atoms with van der Waals surface area (Å²) in [6.07, 6.45) is 2.36. The van der Waals surface area contributed by atoms with Gasteiger partial charge in [-0.15, -0.1) is 0 Å². The molecule has 1 atom stereocenters. The number of carbonyl (C=O) groups is 3. The zero-order valence-corrected chi connectivity index (χ0v) is 20.3. The maximum atomic E-state index is 12.4. The van der Waals surface area contributed by atoms with Crippen molar-refractivity contribution in [2.45, 2.75) is 64.0 Å². The molecule has 2 aromatic rings. The first-order chi connectivity index (χ1) is 16.8. The molecular formula is C28H34N2O5. The van der Waals surface area contributed by atoms with Crippen LogP contribution in [-0.4, -0.2) is 41.8 Å². The van der Waals surface area contributed by atoms with Gasteiger partial charge in [0, 0.05) is 18.4 Å². The summed E-state index contributed by atoms with van der Waals surface area (Å²) in [5, 5.41) is 14.9. The molecule has 1 fully saturated rings. The average molecular weight is 479 g/mol. The number of hydrogen-bond acceptors (Lipinski definition) is 4. The van der Waals surface area contributed by atoms with E-state index in [2.05, 4.69) is 34.9 Å². The number of nitrogens with one attached hydrogen (secondary N) is 2. The molecule has 186 valence electrons. The molecule has 2 aromatic carbocycles. The van der Waals surface area contributed by atoms with E-state index in [9.17, 15) is 19.5 Å². The normalized spacial score (nSPS) is 19.3. The van der Waals surface area contributed by atoms with Gasteiger partial charge in [0.1, 0.15) is 12.6 Å². The number of benzene rings is 2. The molecule has 7 heteroatoms. The lowest BCUT2D eigenvalue weighted by Gasteiger charge is -2.35. The number of alkyl carbamates (subject to hydrolysis) is 1. The average Bonchev–Trinajstić information content (AvgIpc) is 3.12. The molecule has 0 aromatic heterocycles. The summed E-state index contributed by atoms with van der Waals surface area (Å²) in [7, 11) is 0. The van der Waals surface area contributed by atoms with Crippen LogP contribution >= 0.6 is 0 Å². The SMILES string of the molecule is CC(C)CCC(NC(=O)CC1CC(NC(=O)OCC2c3ccccc3-c3ccccc32)C1)C(=O)O. The third-order valence-electron chi connectivity index (χ3n) is 7.04. The number of carboxylic acids is 1. The van der Waals surface area contributed by atoms with Crippen LogP contribution in [0.4, 0.5) is 4.79 Å². The van der Waals surface area contributed by atoms with Gasteiger partial charge >= 0.3 is 12.1 Å². The highest BCUT2D eigenvalue weighted by molar-refractivity contribution is 5.83. The molecular weight excluding hydrogens is 444 g/mol. The number of fused-ring (bicyclic) bond motifs is 3. The van der Waals surface area contributed by atoms with Crippen LogP contribution in [0.15, 0.2) is 48.5 Å². The fraction of sp³-hybridized carbons (Fsp3) is 0.464. The highest BCUT2D eigenvalue weighted by Crippen LogP contribution is 2.44. The molecule has 1 saturated carbocycles. The van der Waals surface area contributed by atoms with Crippen molar-refractivity contribution in [1.82, 2.24) is 10.6 Å². The van der Waals surface area contributed by atoms with E-state index in [1.807, 2.05) is 38.1 Å². The Morgan fingerprint density at radius 1 is 0.971 bits per heavy atom. The Balaban J connectivity index is 1.20. The highest BCUT2D eigenvalue weighted by atomic mass is 16.5. The van der Waals surface area contributed by atoms with E-state index in [1.165, 1.54) is 22.3 Å². The van der Waals surface area contributed by atoms with Crippen LogP contribution in [0.1, 0.15) is 63.0 Å². The third-order valence-corrected chi connectivity index (χ3v) is 7.04. The quantitative estimate of drug-likeness (QED) is 0.459. The van der Waals surface area contributed by atoms with Crippen LogP contribution < -0.4 is 10.6 Å². The molecule has 4 rings (SSSR count). The summed E-state index contributed by atoms with van der Waals surface area (Å²) in [4.78, 5) is 36.1. The Morgan fingerprint density at radius 3 is 2.14 bits per heavy atom. The molecule has 0 bridgehead atoms. The molecule has 0 heterocycles. The van der Waals surface area contributed by atoms with Gasteiger partial charge in [-0.3, -0.25) is 4.79 Å². The van der Waals surface area contributed by atoms with Gasteiger partial charge in [-0.25, -0.2) is 9.59 Å². The van der Waals surface area contributed by atoms with Gasteiger partial charge in [-0.1, -0.05) is 62.4 Å². The summed E-state index contributed by atoms with van der Waals surface area (Å²) in [5.74, 6) is -0.712. The summed E-state index contributed by atoms with van der Waals surface area (Å²) in [6.45, 7) is 4.32. The van der Waals surface area contributed by atoms with Gasteiger partial charge < -0.3 is 20.5 Å². The standard InChI is InChI=1S/C28H34N2O5/c1-17(2)11-12-25(27(32)33)30-26(31)15-18-13-19(14-18)29-28(34)35-16-24-22-9-5-3-7-20(22)21-8-4-6-10-23(21)24/h3-10,17-19,24-25H,11-16H2,1-2H3,(H,29,34)(H,30,31)(H,32,33). The second-order valence-electron chi connectivity index (χ2n) is 10.1. The van der Waals surface area contributed by atoms with Crippen LogP contribution in [-0.2, 0) is 14.3 Å². The number of amides is 2. The Labute approximate surface area is 206 Å². The Hall–Kier alpha value is -3.35. The van der Waals surface area contributed by atoms with Crippen molar-refractivity contribution in [3.05, 3.63) is 59.7 Å². The predicted octanol–water partition coefficient (Wildman–Crippen LogP) is 4.70. The van der Waals surface area contributed by atoms with E-state index in [4.69, 9.17) is 4.74 Å². The van der Waals surface area contributed by atoms with Crippen LogP contribution in [0.25, 0.3) is 11.1 Å². The maximum Gasteiger partial charge on any atom is 0.407 e. The molecule has 0 radical (unpaired) electrons. The fourth-order valence-corrected chi connectivity index (χ4v) is 5.10. The lowest BCUT2D eigenvalue weighted by molar-refractivity contribution is -0.142. The summed E-state index contributed by atoms with van der Waals surface area (Å²) < 4.78 is 5.59. The van der Waals surface area contributed by atoms with Crippen molar-refractivity contribution in [3.63, 3.8) is 0 Å². The number of carbonyl (C=O) groups excluding carboxylic acids is 2. The van der Waals surface area contributed by atoms with Crippen LogP contribution in [0.3, 0.4) is 0 Å². The minimum atomic E-state index is -0.998. The minimum Gasteiger partial charge on any atom is -0.480 e. The monoisotopic (exact) mass is 478 g/mol. The topological polar surface area (TPSA) is 105 Å². The van der Waals surface area contributed by atoms with Crippen molar-refractivity contribution >= 4 is 18.0 Å². The maximum absolute atomic E-state index is 12.4. The minimum absolute atomic E-state index is 0.0175. The fourth-order valence-electron chi connectivity index (χ4n) is 5.10. The molecule has 7 nitrogen and oxygen atoms in total. The molecule has 2 aliphatic carbocycles. The van der Waals surface area contributed by atoms with E-state index in [0.717, 1.165) is 6.42 Å². The number of carboxylic acid groups (broad SMARTS) is 1. The number of rotatable bonds is 10. The highest BCUT2D eigenvalue weighted by Gasteiger charge is 2.34. The largest absolute Gasteiger partial charge is 0.480 e. The zero-order chi connectivity index (χ0) is 24.9. The van der Waals surface area contributed by atoms with Crippen molar-refractivity contribution < 1.29 is 24.2 Å². The first kappa shape index (κ1) is 24.8. The van der Waals surface area contributed by atoms with Gasteiger partial charge in [0.05, 0.1) is 0 Å². The third kappa shape index (κ3) is 6.02. The van der Waals surface area contributed by atoms with Gasteiger partial charge in [0.25, 0.3) is 0 Å². The van der Waals surface area contributed by atoms with Gasteiger partial charge in [0.15, 0.2) is 0 Å². The molecule has 2 aliphatic rings. The van der Waals surface area contributed by atoms with E-state index in [-0.39, 0.29) is 36.8 Å². The first-order valence-corrected chi connectivity index (χ1v) is 12.5. The number of hydrogen-bond donors (Lipinski definition) is 3. The summed E-state index contributed by atoms with van der Waals surface area (Å²) in [6, 6.07) is 15.5. The molecule has 0 saturated heterocycles. The number of ether oxygens (including phenoxy) is 1. The molecule has 35 heavy (non-hydrogen) atoms. The van der Waals surface area contributed by atoms with Crippen LogP contribution in [0.5, 0.6) is 0 Å². The predicted molar refractivity (Wildman–Crippen MR) is 133 cm³/mol. The second kappa shape index (κ2) is 10.9. The van der Waals surface area contributed by atoms with E-state index >= 15 is 0 Å². The van der Waals surface area contributed by atoms with Gasteiger partial charge in [-0.05, 0) is 59.8 Å². The van der Waals surface area contributed by atoms with Crippen LogP contribution in [0.2, 0.25) is 0 Å². The Morgan fingerprint density at radius 2 is 1.57 bits per heavy atom. The molecule has 3 N–H and O–H groups in total. The van der Waals surface area contributed by atoms with Crippen LogP contribution in [0, 0.1) is 11.8 Å². The number of aliphatic carboxylic acids is 1. The summed E-state index contributed by atoms with van der Waals surface area (Å²) >= 11 is 0. The molecule has 0 spiro atoms. The lowest BCUT2D eigenvalue weighted by Crippen LogP contribution is -2.47. The van der Waals surface area contributed by atoms with Gasteiger partial charge in [-0.2, -0.15) is 0 Å². The first-order valence-electron chi connectivity index (χ1n) is 12.5. The molecule has 0 aliphatic heterocycles. The Kier molecular flexibility index (Phi) is 7.73. The smallest absolute Gasteiger partial charge is 0.407 e. The van der Waals surface area contributed by atoms with Crippen molar-refractivity contribution in [1.29, 1.82) is 0 Å². The van der Waals surface area contributed by atoms with Gasteiger partial charge in [0.2, 0.25) is 5.91 Å². The molecule has 2 amide bonds. The Bertz CT molecular complexity index is 1030. The van der Waals surface area contributed by atoms with Crippen molar-refractivity contribution in [2.75, 3.05) is 6.61 Å². The van der Waals surface area contributed by atoms with E-state index < -0.39 is 18.1 Å². The molecule has 1 unspecified atom stereocenters. The second-order valence-corrected chi connectivity index (χ2v) is 10.1. The zero-order valence-electron chi connectivity index (χ0n) is 20.3. The lowest BCUT2D eigenvalue weighted by atomic mass is 9.78. The van der Waals surface area contributed by atoms with E-state index in [1.54, 1.807) is 0 Å². The van der Waals surface area contributed by atoms with Crippen molar-refractivity contribution in [3.8, 4) is 11.1 Å². The summed E-state index contributed by atoms with van der Waals surface area (Å²) in [5.41, 5.74) is 4.71. The van der Waals surface area contributed by atoms with E-state index in [0.29, 0.717) is 25.2 Å².